The number of amides is 2. The maximum atomic E-state index is 12.7. The standard InChI is InChI=1S/C30H25I2N3O3/c31-25-16-22(17-26(32)29(25)38-20-21-10-4-1-5-11-21)19-33-35-28(36)18-27(23-12-6-2-7-13-23)34-30(37)24-14-8-3-9-15-24/h1-17,19,27H,18,20H2,(H,34,37)(H,35,36)/b33-19-/t27-/m0/s1. The number of rotatable bonds is 10. The van der Waals surface area contributed by atoms with Crippen LogP contribution in [0.25, 0.3) is 0 Å². The van der Waals surface area contributed by atoms with Crippen LogP contribution in [0.1, 0.15) is 39.5 Å². The van der Waals surface area contributed by atoms with Crippen molar-refractivity contribution in [2.45, 2.75) is 19.1 Å². The zero-order valence-corrected chi connectivity index (χ0v) is 24.6. The molecule has 0 heterocycles. The Morgan fingerprint density at radius 3 is 2.05 bits per heavy atom. The summed E-state index contributed by atoms with van der Waals surface area (Å²) in [6, 6.07) is 31.8. The van der Waals surface area contributed by atoms with Crippen molar-refractivity contribution in [3.05, 3.63) is 133 Å². The molecule has 4 aromatic carbocycles. The molecule has 0 aliphatic carbocycles. The number of carbonyl (C=O) groups excluding carboxylic acids is 2. The summed E-state index contributed by atoms with van der Waals surface area (Å²) in [5.41, 5.74) is 5.90. The second-order valence-electron chi connectivity index (χ2n) is 8.39. The lowest BCUT2D eigenvalue weighted by atomic mass is 10.0. The summed E-state index contributed by atoms with van der Waals surface area (Å²) in [4.78, 5) is 25.5. The number of nitrogens with zero attached hydrogens (tertiary/aromatic N) is 1. The Morgan fingerprint density at radius 2 is 1.42 bits per heavy atom. The van der Waals surface area contributed by atoms with Crippen LogP contribution in [0.15, 0.2) is 108 Å². The van der Waals surface area contributed by atoms with Gasteiger partial charge in [-0.15, -0.1) is 0 Å². The van der Waals surface area contributed by atoms with Crippen LogP contribution >= 0.6 is 45.2 Å². The van der Waals surface area contributed by atoms with Gasteiger partial charge < -0.3 is 10.1 Å². The number of nitrogens with one attached hydrogen (secondary N) is 2. The van der Waals surface area contributed by atoms with E-state index in [4.69, 9.17) is 4.74 Å². The molecular weight excluding hydrogens is 704 g/mol. The molecule has 0 bridgehead atoms. The number of benzene rings is 4. The monoisotopic (exact) mass is 729 g/mol. The van der Waals surface area contributed by atoms with Gasteiger partial charge in [-0.3, -0.25) is 9.59 Å². The minimum absolute atomic E-state index is 0.0429. The molecule has 0 radical (unpaired) electrons. The van der Waals surface area contributed by atoms with E-state index >= 15 is 0 Å². The Hall–Kier alpha value is -3.25. The maximum absolute atomic E-state index is 12.7. The molecule has 1 atom stereocenters. The van der Waals surface area contributed by atoms with E-state index in [1.807, 2.05) is 78.9 Å². The SMILES string of the molecule is O=C(C[C@H](NC(=O)c1ccccc1)c1ccccc1)N/N=C\c1cc(I)c(OCc2ccccc2)c(I)c1. The second-order valence-corrected chi connectivity index (χ2v) is 10.7. The first kappa shape index (κ1) is 27.8. The van der Waals surface area contributed by atoms with Gasteiger partial charge in [-0.2, -0.15) is 5.10 Å². The highest BCUT2D eigenvalue weighted by molar-refractivity contribution is 14.1. The first-order chi connectivity index (χ1) is 18.5. The van der Waals surface area contributed by atoms with E-state index in [0.717, 1.165) is 29.6 Å². The minimum atomic E-state index is -0.498. The molecule has 0 saturated carbocycles. The van der Waals surface area contributed by atoms with Crippen LogP contribution in [0.2, 0.25) is 0 Å². The summed E-state index contributed by atoms with van der Waals surface area (Å²) in [5, 5.41) is 7.11. The third-order valence-electron chi connectivity index (χ3n) is 5.58. The van der Waals surface area contributed by atoms with Crippen molar-refractivity contribution in [3.8, 4) is 5.75 Å². The van der Waals surface area contributed by atoms with Crippen molar-refractivity contribution in [3.63, 3.8) is 0 Å². The smallest absolute Gasteiger partial charge is 0.251 e. The quantitative estimate of drug-likeness (QED) is 0.111. The largest absolute Gasteiger partial charge is 0.487 e. The highest BCUT2D eigenvalue weighted by Crippen LogP contribution is 2.29. The van der Waals surface area contributed by atoms with E-state index < -0.39 is 6.04 Å². The van der Waals surface area contributed by atoms with Crippen molar-refractivity contribution in [1.29, 1.82) is 0 Å². The summed E-state index contributed by atoms with van der Waals surface area (Å²) in [5.74, 6) is 0.265. The lowest BCUT2D eigenvalue weighted by Crippen LogP contribution is -2.32. The number of ether oxygens (including phenoxy) is 1. The third kappa shape index (κ3) is 8.12. The number of hydrogen-bond acceptors (Lipinski definition) is 4. The molecule has 0 unspecified atom stereocenters. The maximum Gasteiger partial charge on any atom is 0.251 e. The van der Waals surface area contributed by atoms with Gasteiger partial charge in [0, 0.05) is 5.56 Å². The van der Waals surface area contributed by atoms with Gasteiger partial charge in [-0.1, -0.05) is 78.9 Å². The molecule has 0 aromatic heterocycles. The summed E-state index contributed by atoms with van der Waals surface area (Å²) in [7, 11) is 0. The van der Waals surface area contributed by atoms with E-state index in [9.17, 15) is 9.59 Å². The summed E-state index contributed by atoms with van der Waals surface area (Å²) < 4.78 is 7.94. The Balaban J connectivity index is 1.37. The molecule has 0 spiro atoms. The molecule has 0 aliphatic rings. The van der Waals surface area contributed by atoms with Crippen LogP contribution in [0.3, 0.4) is 0 Å². The van der Waals surface area contributed by atoms with Crippen LogP contribution in [0.5, 0.6) is 5.75 Å². The normalized spacial score (nSPS) is 11.6. The summed E-state index contributed by atoms with van der Waals surface area (Å²) in [6.07, 6.45) is 1.64. The van der Waals surface area contributed by atoms with Crippen LogP contribution < -0.4 is 15.5 Å². The number of hydrazone groups is 1. The zero-order valence-electron chi connectivity index (χ0n) is 20.3. The van der Waals surface area contributed by atoms with Gasteiger partial charge in [0.2, 0.25) is 5.91 Å². The van der Waals surface area contributed by atoms with E-state index in [1.54, 1.807) is 30.5 Å². The van der Waals surface area contributed by atoms with Crippen molar-refractivity contribution in [1.82, 2.24) is 10.7 Å². The van der Waals surface area contributed by atoms with Gasteiger partial charge in [-0.05, 0) is 86.1 Å². The molecule has 2 N–H and O–H groups in total. The van der Waals surface area contributed by atoms with E-state index in [-0.39, 0.29) is 18.2 Å². The summed E-state index contributed by atoms with van der Waals surface area (Å²) >= 11 is 4.48. The Morgan fingerprint density at radius 1 is 0.842 bits per heavy atom. The zero-order chi connectivity index (χ0) is 26.7. The van der Waals surface area contributed by atoms with Crippen molar-refractivity contribution in [2.75, 3.05) is 0 Å². The van der Waals surface area contributed by atoms with E-state index in [0.29, 0.717) is 12.2 Å². The van der Waals surface area contributed by atoms with Crippen LogP contribution in [0.4, 0.5) is 0 Å². The number of hydrogen-bond donors (Lipinski definition) is 2. The fourth-order valence-electron chi connectivity index (χ4n) is 3.70. The molecule has 0 aliphatic heterocycles. The molecule has 2 amide bonds. The van der Waals surface area contributed by atoms with E-state index in [2.05, 4.69) is 61.0 Å². The fraction of sp³-hybridized carbons (Fsp3) is 0.100. The van der Waals surface area contributed by atoms with Crippen LogP contribution in [-0.2, 0) is 11.4 Å². The number of carbonyl (C=O) groups is 2. The molecule has 4 aromatic rings. The van der Waals surface area contributed by atoms with E-state index in [1.165, 1.54) is 0 Å². The van der Waals surface area contributed by atoms with Gasteiger partial charge in [0.25, 0.3) is 5.91 Å². The third-order valence-corrected chi connectivity index (χ3v) is 7.18. The van der Waals surface area contributed by atoms with Gasteiger partial charge in [0.1, 0.15) is 12.4 Å². The first-order valence-corrected chi connectivity index (χ1v) is 14.0. The molecular formula is C30H25I2N3O3. The average molecular weight is 729 g/mol. The highest BCUT2D eigenvalue weighted by atomic mass is 127. The minimum Gasteiger partial charge on any atom is -0.487 e. The second kappa shape index (κ2) is 14.1. The predicted octanol–water partition coefficient (Wildman–Crippen LogP) is 6.49. The molecule has 4 rings (SSSR count). The first-order valence-electron chi connectivity index (χ1n) is 11.9. The van der Waals surface area contributed by atoms with Crippen LogP contribution in [0, 0.1) is 7.14 Å². The van der Waals surface area contributed by atoms with Crippen molar-refractivity contribution in [2.24, 2.45) is 5.10 Å². The van der Waals surface area contributed by atoms with Gasteiger partial charge >= 0.3 is 0 Å². The topological polar surface area (TPSA) is 79.8 Å². The van der Waals surface area contributed by atoms with Crippen molar-refractivity contribution < 1.29 is 14.3 Å². The molecule has 6 nitrogen and oxygen atoms in total. The van der Waals surface area contributed by atoms with Crippen LogP contribution in [-0.4, -0.2) is 18.0 Å². The lowest BCUT2D eigenvalue weighted by molar-refractivity contribution is -0.121. The molecule has 0 saturated heterocycles. The molecule has 38 heavy (non-hydrogen) atoms. The van der Waals surface area contributed by atoms with Crippen molar-refractivity contribution >= 4 is 63.2 Å². The fourth-order valence-corrected chi connectivity index (χ4v) is 5.83. The van der Waals surface area contributed by atoms with Gasteiger partial charge in [0.15, 0.2) is 0 Å². The van der Waals surface area contributed by atoms with Gasteiger partial charge in [-0.25, -0.2) is 5.43 Å². The van der Waals surface area contributed by atoms with Gasteiger partial charge in [0.05, 0.1) is 25.8 Å². The predicted molar refractivity (Wildman–Crippen MR) is 166 cm³/mol. The molecule has 192 valence electrons. The molecule has 0 fully saturated rings. The highest BCUT2D eigenvalue weighted by Gasteiger charge is 2.19. The average Bonchev–Trinajstić information content (AvgIpc) is 2.94. The molecule has 8 heteroatoms. The lowest BCUT2D eigenvalue weighted by Gasteiger charge is -2.18. The number of halogens is 2. The summed E-state index contributed by atoms with van der Waals surface area (Å²) in [6.45, 7) is 0.486. The Bertz CT molecular complexity index is 1380. The Labute approximate surface area is 249 Å². The Kier molecular flexibility index (Phi) is 10.3.